The minimum Gasteiger partial charge on any atom is -0.507 e. The molecule has 1 rings (SSSR count). The largest absolute Gasteiger partial charge is 0.507 e. The van der Waals surface area contributed by atoms with Crippen molar-refractivity contribution in [3.8, 4) is 5.75 Å². The smallest absolute Gasteiger partial charge is 0.408 e. The fourth-order valence-corrected chi connectivity index (χ4v) is 3.56. The molecule has 0 aliphatic rings. The third-order valence-electron chi connectivity index (χ3n) is 5.43. The summed E-state index contributed by atoms with van der Waals surface area (Å²) in [4.78, 5) is 52.1. The molecule has 0 saturated carbocycles. The van der Waals surface area contributed by atoms with Gasteiger partial charge in [0.2, 0.25) is 11.8 Å². The van der Waals surface area contributed by atoms with Crippen molar-refractivity contribution in [3.63, 3.8) is 0 Å². The summed E-state index contributed by atoms with van der Waals surface area (Å²) in [5, 5.41) is 15.8. The Kier molecular flexibility index (Phi) is 11.7. The van der Waals surface area contributed by atoms with Crippen molar-refractivity contribution in [1.29, 1.82) is 0 Å². The number of aromatic hydroxyl groups is 1. The third kappa shape index (κ3) is 9.75. The molecule has 202 valence electrons. The number of aryl methyl sites for hydroxylation is 1. The Balaban J connectivity index is 3.43. The van der Waals surface area contributed by atoms with Gasteiger partial charge in [-0.25, -0.2) is 4.79 Å². The van der Waals surface area contributed by atoms with Crippen LogP contribution >= 0.6 is 0 Å². The first-order chi connectivity index (χ1) is 16.7. The highest BCUT2D eigenvalue weighted by Gasteiger charge is 2.37. The van der Waals surface area contributed by atoms with Gasteiger partial charge >= 0.3 is 12.1 Å². The minimum absolute atomic E-state index is 0.135. The number of hydrogen-bond donors (Lipinski definition) is 3. The number of hydrogen-bond acceptors (Lipinski definition) is 7. The topological polar surface area (TPSA) is 134 Å². The normalized spacial score (nSPS) is 12.9. The second kappa shape index (κ2) is 13.7. The maximum Gasteiger partial charge on any atom is 0.408 e. The monoisotopic (exact) mass is 507 g/mol. The van der Waals surface area contributed by atoms with Crippen LogP contribution in [0.15, 0.2) is 18.2 Å². The van der Waals surface area contributed by atoms with E-state index in [2.05, 4.69) is 29.2 Å². The first-order valence-corrected chi connectivity index (χ1v) is 12.1. The van der Waals surface area contributed by atoms with E-state index >= 15 is 0 Å². The molecule has 3 N–H and O–H groups in total. The fourth-order valence-electron chi connectivity index (χ4n) is 3.56. The molecule has 0 saturated heterocycles. The molecule has 1 aromatic carbocycles. The first-order valence-electron chi connectivity index (χ1n) is 12.1. The molecule has 0 bridgehead atoms. The van der Waals surface area contributed by atoms with Crippen LogP contribution < -0.4 is 10.6 Å². The highest BCUT2D eigenvalue weighted by molar-refractivity contribution is 5.92. The maximum absolute atomic E-state index is 13.5. The van der Waals surface area contributed by atoms with Crippen LogP contribution in [0.25, 0.3) is 0 Å². The molecule has 1 aromatic rings. The van der Waals surface area contributed by atoms with Crippen LogP contribution in [-0.2, 0) is 23.9 Å². The zero-order valence-corrected chi connectivity index (χ0v) is 22.6. The van der Waals surface area contributed by atoms with E-state index in [-0.39, 0.29) is 11.3 Å². The second-order valence-corrected chi connectivity index (χ2v) is 10.2. The van der Waals surface area contributed by atoms with E-state index < -0.39 is 54.7 Å². The van der Waals surface area contributed by atoms with Crippen molar-refractivity contribution in [3.05, 3.63) is 29.3 Å². The summed E-state index contributed by atoms with van der Waals surface area (Å²) in [7, 11) is 1.20. The highest BCUT2D eigenvalue weighted by Crippen LogP contribution is 2.34. The van der Waals surface area contributed by atoms with E-state index in [0.29, 0.717) is 17.9 Å². The molecule has 0 aromatic heterocycles. The lowest BCUT2D eigenvalue weighted by atomic mass is 9.96. The van der Waals surface area contributed by atoms with Gasteiger partial charge in [0.1, 0.15) is 30.5 Å². The Bertz CT molecular complexity index is 925. The van der Waals surface area contributed by atoms with E-state index in [4.69, 9.17) is 4.74 Å². The zero-order valence-electron chi connectivity index (χ0n) is 22.6. The number of nitrogens with zero attached hydrogens (tertiary/aromatic N) is 1. The van der Waals surface area contributed by atoms with Crippen molar-refractivity contribution in [1.82, 2.24) is 15.5 Å². The third-order valence-corrected chi connectivity index (χ3v) is 5.43. The molecular formula is C26H41N3O7. The predicted molar refractivity (Wildman–Crippen MR) is 135 cm³/mol. The lowest BCUT2D eigenvalue weighted by Crippen LogP contribution is -2.51. The summed E-state index contributed by atoms with van der Waals surface area (Å²) in [6, 6.07) is 3.21. The first kappa shape index (κ1) is 30.7. The van der Waals surface area contributed by atoms with Crippen molar-refractivity contribution >= 4 is 23.9 Å². The van der Waals surface area contributed by atoms with Crippen LogP contribution in [0.1, 0.15) is 71.6 Å². The number of para-hydroxylation sites is 1. The minimum atomic E-state index is -1.26. The van der Waals surface area contributed by atoms with Crippen molar-refractivity contribution < 1.29 is 33.8 Å². The molecular weight excluding hydrogens is 466 g/mol. The Morgan fingerprint density at radius 1 is 1.03 bits per heavy atom. The van der Waals surface area contributed by atoms with Gasteiger partial charge in [0, 0.05) is 11.6 Å². The number of phenols is 1. The molecule has 0 aliphatic carbocycles. The molecule has 0 spiro atoms. The zero-order chi connectivity index (χ0) is 27.6. The summed E-state index contributed by atoms with van der Waals surface area (Å²) in [6.45, 7) is 11.9. The number of rotatable bonds is 11. The van der Waals surface area contributed by atoms with Gasteiger partial charge in [-0.2, -0.15) is 0 Å². The van der Waals surface area contributed by atoms with Crippen molar-refractivity contribution in [2.24, 2.45) is 5.92 Å². The highest BCUT2D eigenvalue weighted by atomic mass is 16.6. The van der Waals surface area contributed by atoms with Crippen LogP contribution in [0.4, 0.5) is 4.79 Å². The van der Waals surface area contributed by atoms with Crippen molar-refractivity contribution in [2.45, 2.75) is 79.0 Å². The molecule has 2 unspecified atom stereocenters. The summed E-state index contributed by atoms with van der Waals surface area (Å²) in [5.41, 5.74) is -0.0205. The molecule has 0 fully saturated rings. The number of esters is 1. The van der Waals surface area contributed by atoms with Crippen LogP contribution in [-0.4, -0.2) is 65.7 Å². The van der Waals surface area contributed by atoms with Gasteiger partial charge in [0.15, 0.2) is 0 Å². The molecule has 0 aliphatic heterocycles. The molecule has 0 radical (unpaired) electrons. The number of amides is 3. The summed E-state index contributed by atoms with van der Waals surface area (Å²) in [5.74, 6) is -1.65. The van der Waals surface area contributed by atoms with Crippen molar-refractivity contribution in [2.75, 3.05) is 20.2 Å². The Morgan fingerprint density at radius 3 is 2.22 bits per heavy atom. The van der Waals surface area contributed by atoms with Gasteiger partial charge in [0.05, 0.1) is 7.11 Å². The second-order valence-electron chi connectivity index (χ2n) is 10.2. The standard InChI is InChI=1S/C26H41N3O7/c1-16(2)12-13-18(4)29(20(30)14-28-25(34)36-26(5,6)7)22(24(33)27-15-21(31)35-8)19-11-9-10-17(3)23(19)32/h9-11,16,18,22,32H,12-15H2,1-8H3,(H,27,33)(H,28,34). The average Bonchev–Trinajstić information content (AvgIpc) is 2.78. The lowest BCUT2D eigenvalue weighted by Gasteiger charge is -2.37. The molecule has 0 heterocycles. The van der Waals surface area contributed by atoms with E-state index in [1.54, 1.807) is 52.8 Å². The molecule has 10 heteroatoms. The summed E-state index contributed by atoms with van der Waals surface area (Å²) >= 11 is 0. The number of benzene rings is 1. The number of carbonyl (C=O) groups is 4. The van der Waals surface area contributed by atoms with E-state index in [1.807, 2.05) is 0 Å². The maximum atomic E-state index is 13.5. The van der Waals surface area contributed by atoms with Crippen LogP contribution in [0.5, 0.6) is 5.75 Å². The molecule has 10 nitrogen and oxygen atoms in total. The Labute approximate surface area is 213 Å². The quantitative estimate of drug-likeness (QED) is 0.392. The van der Waals surface area contributed by atoms with Crippen LogP contribution in [0.3, 0.4) is 0 Å². The number of ether oxygens (including phenoxy) is 2. The van der Waals surface area contributed by atoms with Gasteiger partial charge in [-0.3, -0.25) is 14.4 Å². The number of phenolic OH excluding ortho intramolecular Hbond substituents is 1. The van der Waals surface area contributed by atoms with E-state index in [1.165, 1.54) is 12.0 Å². The van der Waals surface area contributed by atoms with Gasteiger partial charge in [-0.15, -0.1) is 0 Å². The fraction of sp³-hybridized carbons (Fsp3) is 0.615. The number of carbonyl (C=O) groups excluding carboxylic acids is 4. The Morgan fingerprint density at radius 2 is 1.67 bits per heavy atom. The van der Waals surface area contributed by atoms with E-state index in [0.717, 1.165) is 6.42 Å². The average molecular weight is 508 g/mol. The summed E-state index contributed by atoms with van der Waals surface area (Å²) in [6.07, 6.45) is 0.583. The molecule has 36 heavy (non-hydrogen) atoms. The van der Waals surface area contributed by atoms with E-state index in [9.17, 15) is 24.3 Å². The molecule has 3 amide bonds. The number of methoxy groups -OCH3 is 1. The van der Waals surface area contributed by atoms with Gasteiger partial charge in [0.25, 0.3) is 0 Å². The SMILES string of the molecule is COC(=O)CNC(=O)C(c1cccc(C)c1O)N(C(=O)CNC(=O)OC(C)(C)C)C(C)CCC(C)C. The number of nitrogens with one attached hydrogen (secondary N) is 2. The van der Waals surface area contributed by atoms with Gasteiger partial charge < -0.3 is 30.1 Å². The molecule has 2 atom stereocenters. The predicted octanol–water partition coefficient (Wildman–Crippen LogP) is 3.21. The van der Waals surface area contributed by atoms with Gasteiger partial charge in [-0.1, -0.05) is 32.0 Å². The number of alkyl carbamates (subject to hydrolysis) is 1. The summed E-state index contributed by atoms with van der Waals surface area (Å²) < 4.78 is 9.83. The van der Waals surface area contributed by atoms with Gasteiger partial charge in [-0.05, 0) is 58.9 Å². The van der Waals surface area contributed by atoms with Crippen LogP contribution in [0, 0.1) is 12.8 Å². The van der Waals surface area contributed by atoms with Crippen LogP contribution in [0.2, 0.25) is 0 Å². The Hall–Kier alpha value is -3.30. The lowest BCUT2D eigenvalue weighted by molar-refractivity contribution is -0.145.